The van der Waals surface area contributed by atoms with E-state index in [1.165, 1.54) is 4.90 Å². The molecular formula is C15H21N5O2. The summed E-state index contributed by atoms with van der Waals surface area (Å²) >= 11 is 0. The molecule has 4 rings (SSSR count). The first-order chi connectivity index (χ1) is 10.5. The zero-order chi connectivity index (χ0) is 15.5. The molecule has 0 aliphatic carbocycles. The average molecular weight is 303 g/mol. The Hall–Kier alpha value is -2.05. The van der Waals surface area contributed by atoms with Crippen molar-refractivity contribution < 1.29 is 9.59 Å². The van der Waals surface area contributed by atoms with E-state index >= 15 is 0 Å². The second-order valence-electron chi connectivity index (χ2n) is 6.75. The normalized spacial score (nSPS) is 31.5. The number of fused-ring (bicyclic) bond motifs is 1. The number of nitrogens with zero attached hydrogens (tertiary/aromatic N) is 5. The zero-order valence-corrected chi connectivity index (χ0v) is 13.0. The quantitative estimate of drug-likeness (QED) is 0.759. The first-order valence-corrected chi connectivity index (χ1v) is 7.89. The second kappa shape index (κ2) is 4.47. The predicted octanol–water partition coefficient (Wildman–Crippen LogP) is 0.816. The number of amides is 3. The summed E-state index contributed by atoms with van der Waals surface area (Å²) in [4.78, 5) is 30.9. The topological polar surface area (TPSA) is 61.7 Å². The molecule has 22 heavy (non-hydrogen) atoms. The number of imide groups is 1. The second-order valence-corrected chi connectivity index (χ2v) is 6.75. The van der Waals surface area contributed by atoms with E-state index in [2.05, 4.69) is 10.00 Å². The van der Waals surface area contributed by atoms with Gasteiger partial charge in [0.25, 0.3) is 5.91 Å². The van der Waals surface area contributed by atoms with Gasteiger partial charge < -0.3 is 9.80 Å². The lowest BCUT2D eigenvalue weighted by molar-refractivity contribution is -0.133. The molecule has 0 spiro atoms. The molecule has 0 aromatic carbocycles. The van der Waals surface area contributed by atoms with Crippen molar-refractivity contribution in [2.24, 2.45) is 7.05 Å². The van der Waals surface area contributed by atoms with Crippen LogP contribution in [-0.2, 0) is 11.8 Å². The third kappa shape index (κ3) is 1.71. The maximum Gasteiger partial charge on any atom is 0.327 e. The third-order valence-corrected chi connectivity index (χ3v) is 5.34. The van der Waals surface area contributed by atoms with Crippen molar-refractivity contribution in [3.63, 3.8) is 0 Å². The summed E-state index contributed by atoms with van der Waals surface area (Å²) in [7, 11) is 1.89. The van der Waals surface area contributed by atoms with Crippen LogP contribution >= 0.6 is 0 Å². The van der Waals surface area contributed by atoms with Gasteiger partial charge >= 0.3 is 6.03 Å². The molecule has 118 valence electrons. The highest BCUT2D eigenvalue weighted by Crippen LogP contribution is 2.39. The fourth-order valence-electron chi connectivity index (χ4n) is 4.05. The Morgan fingerprint density at radius 1 is 1.32 bits per heavy atom. The molecule has 3 amide bonds. The van der Waals surface area contributed by atoms with Gasteiger partial charge in [0.2, 0.25) is 0 Å². The summed E-state index contributed by atoms with van der Waals surface area (Å²) in [6.45, 7) is 4.17. The van der Waals surface area contributed by atoms with Crippen LogP contribution in [0.25, 0.3) is 0 Å². The number of rotatable bonds is 2. The monoisotopic (exact) mass is 303 g/mol. The van der Waals surface area contributed by atoms with E-state index in [1.807, 2.05) is 26.4 Å². The summed E-state index contributed by atoms with van der Waals surface area (Å²) in [5, 5.41) is 4.19. The summed E-state index contributed by atoms with van der Waals surface area (Å²) in [6.07, 6.45) is 6.34. The summed E-state index contributed by atoms with van der Waals surface area (Å²) in [5.74, 6) is -0.00645. The Bertz CT molecular complexity index is 642. The van der Waals surface area contributed by atoms with Crippen molar-refractivity contribution in [1.82, 2.24) is 19.6 Å². The Morgan fingerprint density at radius 2 is 2.14 bits per heavy atom. The van der Waals surface area contributed by atoms with Gasteiger partial charge in [0.05, 0.1) is 17.9 Å². The minimum Gasteiger partial charge on any atom is -0.367 e. The molecule has 7 heteroatoms. The van der Waals surface area contributed by atoms with Gasteiger partial charge in [-0.2, -0.15) is 5.10 Å². The molecule has 1 aromatic rings. The zero-order valence-electron chi connectivity index (χ0n) is 13.0. The molecule has 3 saturated heterocycles. The Balaban J connectivity index is 1.54. The first kappa shape index (κ1) is 13.6. The van der Waals surface area contributed by atoms with Crippen molar-refractivity contribution in [3.05, 3.63) is 12.4 Å². The fourth-order valence-corrected chi connectivity index (χ4v) is 4.05. The highest BCUT2D eigenvalue weighted by Gasteiger charge is 2.58. The largest absolute Gasteiger partial charge is 0.367 e. The van der Waals surface area contributed by atoms with Gasteiger partial charge in [-0.15, -0.1) is 0 Å². The standard InChI is InChI=1S/C15H21N5O2/c1-15-5-3-6-19(15)14(22)20(13(15)21)11-4-7-18(10-11)12-8-16-17(2)9-12/h8-9,11H,3-7,10H2,1-2H3/t11-,15+/m1/s1. The van der Waals surface area contributed by atoms with Crippen LogP contribution in [0.1, 0.15) is 26.2 Å². The van der Waals surface area contributed by atoms with E-state index in [4.69, 9.17) is 0 Å². The smallest absolute Gasteiger partial charge is 0.327 e. The van der Waals surface area contributed by atoms with E-state index in [9.17, 15) is 9.59 Å². The summed E-state index contributed by atoms with van der Waals surface area (Å²) in [5.41, 5.74) is 0.453. The molecule has 0 unspecified atom stereocenters. The van der Waals surface area contributed by atoms with E-state index in [1.54, 1.807) is 9.58 Å². The van der Waals surface area contributed by atoms with E-state index < -0.39 is 5.54 Å². The molecule has 3 fully saturated rings. The van der Waals surface area contributed by atoms with E-state index in [0.717, 1.165) is 31.5 Å². The van der Waals surface area contributed by atoms with Gasteiger partial charge in [-0.3, -0.25) is 14.4 Å². The number of aryl methyl sites for hydroxylation is 1. The highest BCUT2D eigenvalue weighted by atomic mass is 16.2. The van der Waals surface area contributed by atoms with Crippen molar-refractivity contribution in [2.45, 2.75) is 37.8 Å². The van der Waals surface area contributed by atoms with Crippen molar-refractivity contribution in [1.29, 1.82) is 0 Å². The highest BCUT2D eigenvalue weighted by molar-refractivity contribution is 6.07. The van der Waals surface area contributed by atoms with Crippen molar-refractivity contribution >= 4 is 17.6 Å². The molecule has 2 atom stereocenters. The van der Waals surface area contributed by atoms with Crippen molar-refractivity contribution in [2.75, 3.05) is 24.5 Å². The molecule has 0 N–H and O–H groups in total. The van der Waals surface area contributed by atoms with Crippen LogP contribution in [0.3, 0.4) is 0 Å². The summed E-state index contributed by atoms with van der Waals surface area (Å²) in [6, 6.07) is -0.120. The minimum absolute atomic E-state index is 0.00645. The number of hydrogen-bond donors (Lipinski definition) is 0. The number of urea groups is 1. The fraction of sp³-hybridized carbons (Fsp3) is 0.667. The Morgan fingerprint density at radius 3 is 2.82 bits per heavy atom. The number of carbonyl (C=O) groups excluding carboxylic acids is 2. The molecule has 3 aliphatic heterocycles. The van der Waals surface area contributed by atoms with Gasteiger partial charge in [0.1, 0.15) is 5.54 Å². The van der Waals surface area contributed by atoms with Crippen molar-refractivity contribution in [3.8, 4) is 0 Å². The molecule has 1 aromatic heterocycles. The van der Waals surface area contributed by atoms with Gasteiger partial charge in [0.15, 0.2) is 0 Å². The maximum absolute atomic E-state index is 12.8. The van der Waals surface area contributed by atoms with E-state index in [0.29, 0.717) is 13.1 Å². The maximum atomic E-state index is 12.8. The molecule has 0 saturated carbocycles. The number of aromatic nitrogens is 2. The predicted molar refractivity (Wildman–Crippen MR) is 80.4 cm³/mol. The molecular weight excluding hydrogens is 282 g/mol. The lowest BCUT2D eigenvalue weighted by Crippen LogP contribution is -2.45. The van der Waals surface area contributed by atoms with Gasteiger partial charge in [-0.25, -0.2) is 4.79 Å². The van der Waals surface area contributed by atoms with E-state index in [-0.39, 0.29) is 18.0 Å². The summed E-state index contributed by atoms with van der Waals surface area (Å²) < 4.78 is 1.77. The molecule has 7 nitrogen and oxygen atoms in total. The van der Waals surface area contributed by atoms with Gasteiger partial charge in [-0.1, -0.05) is 0 Å². The number of hydrogen-bond acceptors (Lipinski definition) is 4. The molecule has 0 bridgehead atoms. The lowest BCUT2D eigenvalue weighted by atomic mass is 9.99. The van der Waals surface area contributed by atoms with Crippen LogP contribution in [0, 0.1) is 0 Å². The Labute approximate surface area is 129 Å². The van der Waals surface area contributed by atoms with Crippen LogP contribution in [0.2, 0.25) is 0 Å². The van der Waals surface area contributed by atoms with Gasteiger partial charge in [-0.05, 0) is 26.2 Å². The van der Waals surface area contributed by atoms with Gasteiger partial charge in [0, 0.05) is 32.9 Å². The van der Waals surface area contributed by atoms with Crippen LogP contribution < -0.4 is 4.90 Å². The first-order valence-electron chi connectivity index (χ1n) is 7.89. The molecule has 0 radical (unpaired) electrons. The minimum atomic E-state index is -0.598. The molecule has 4 heterocycles. The number of carbonyl (C=O) groups is 2. The Kier molecular flexibility index (Phi) is 2.76. The van der Waals surface area contributed by atoms with Crippen LogP contribution in [-0.4, -0.2) is 62.7 Å². The number of anilines is 1. The average Bonchev–Trinajstić information content (AvgIpc) is 3.20. The molecule has 3 aliphatic rings. The third-order valence-electron chi connectivity index (χ3n) is 5.34. The lowest BCUT2D eigenvalue weighted by Gasteiger charge is -2.23. The SMILES string of the molecule is Cn1cc(N2CC[C@@H](N3C(=O)N4CCC[C@@]4(C)C3=O)C2)cn1. The van der Waals surface area contributed by atoms with Crippen LogP contribution in [0.15, 0.2) is 12.4 Å². The van der Waals surface area contributed by atoms with Crippen LogP contribution in [0.4, 0.5) is 10.5 Å². The van der Waals surface area contributed by atoms with Crippen LogP contribution in [0.5, 0.6) is 0 Å².